The summed E-state index contributed by atoms with van der Waals surface area (Å²) in [6.07, 6.45) is -0.0586. The third kappa shape index (κ3) is 6.89. The highest BCUT2D eigenvalue weighted by Gasteiger charge is 2.19. The number of oxime groups is 1. The number of aryl methyl sites for hydroxylation is 4. The molecule has 9 heteroatoms. The molecule has 0 bridgehead atoms. The molecular weight excluding hydrogens is 570 g/mol. The largest absolute Gasteiger partial charge is 0.488 e. The maximum atomic E-state index is 13.0. The van der Waals surface area contributed by atoms with Crippen LogP contribution < -0.4 is 4.74 Å². The van der Waals surface area contributed by atoms with Gasteiger partial charge in [0, 0.05) is 58.7 Å². The number of nitro benzene ring substituents is 1. The van der Waals surface area contributed by atoms with Gasteiger partial charge in [0.15, 0.2) is 0 Å². The molecule has 1 heterocycles. The van der Waals surface area contributed by atoms with Crippen molar-refractivity contribution in [1.82, 2.24) is 4.57 Å². The second-order valence-electron chi connectivity index (χ2n) is 11.4. The monoisotopic (exact) mass is 607 g/mol. The van der Waals surface area contributed by atoms with Gasteiger partial charge in [0.2, 0.25) is 0 Å². The summed E-state index contributed by atoms with van der Waals surface area (Å²) in [4.78, 5) is 29.8. The molecule has 0 spiro atoms. The number of methoxy groups -OCH3 is 1. The van der Waals surface area contributed by atoms with Gasteiger partial charge in [-0.2, -0.15) is 0 Å². The van der Waals surface area contributed by atoms with Crippen LogP contribution in [0, 0.1) is 30.9 Å². The van der Waals surface area contributed by atoms with E-state index >= 15 is 0 Å². The molecule has 0 saturated heterocycles. The van der Waals surface area contributed by atoms with Crippen molar-refractivity contribution < 1.29 is 24.0 Å². The van der Waals surface area contributed by atoms with E-state index in [1.165, 1.54) is 6.07 Å². The molecular formula is C36H37N3O6. The van der Waals surface area contributed by atoms with E-state index in [9.17, 15) is 14.9 Å². The SMILES string of the molecule is CCn1c2ccc(/C(=N/OC(=O)Cc3cc(C)cc(C)c3)c3ccc(OC(C)COC)cc3C)cc2c2cc([N+](=O)[O-])ccc21. The van der Waals surface area contributed by atoms with Gasteiger partial charge < -0.3 is 18.9 Å². The van der Waals surface area contributed by atoms with Crippen molar-refractivity contribution in [3.63, 3.8) is 0 Å². The Balaban J connectivity index is 1.60. The summed E-state index contributed by atoms with van der Waals surface area (Å²) in [5.41, 5.74) is 7.64. The topological polar surface area (TPSA) is 105 Å². The lowest BCUT2D eigenvalue weighted by Gasteiger charge is -2.16. The number of carbonyl (C=O) groups is 1. The van der Waals surface area contributed by atoms with Gasteiger partial charge >= 0.3 is 5.97 Å². The molecule has 0 aliphatic heterocycles. The van der Waals surface area contributed by atoms with Gasteiger partial charge in [-0.05, 0) is 82.1 Å². The minimum absolute atomic E-state index is 0.0198. The first kappa shape index (κ1) is 31.4. The van der Waals surface area contributed by atoms with E-state index in [0.717, 1.165) is 49.6 Å². The van der Waals surface area contributed by atoms with Crippen LogP contribution in [0.3, 0.4) is 0 Å². The third-order valence-corrected chi connectivity index (χ3v) is 7.71. The van der Waals surface area contributed by atoms with Crippen LogP contribution in [-0.2, 0) is 27.3 Å². The van der Waals surface area contributed by atoms with Gasteiger partial charge in [-0.15, -0.1) is 0 Å². The number of nitrogens with zero attached hydrogens (tertiary/aromatic N) is 3. The van der Waals surface area contributed by atoms with E-state index in [-0.39, 0.29) is 23.1 Å². The average molecular weight is 608 g/mol. The number of hydrogen-bond acceptors (Lipinski definition) is 7. The van der Waals surface area contributed by atoms with Crippen LogP contribution in [0.2, 0.25) is 0 Å². The number of aromatic nitrogens is 1. The standard InChI is InChI=1S/C36H37N3O6/c1-7-38-33-12-8-27(19-31(33)32-20-28(39(41)42)9-13-34(32)38)36(30-11-10-29(17-24(30)4)44-25(5)21-43-6)37-45-35(40)18-26-15-22(2)14-23(3)16-26/h8-17,19-20,25H,7,18,21H2,1-6H3/b37-36-. The molecule has 0 N–H and O–H groups in total. The lowest BCUT2D eigenvalue weighted by molar-refractivity contribution is -0.384. The van der Waals surface area contributed by atoms with Crippen LogP contribution in [0.5, 0.6) is 5.75 Å². The Labute approximate surface area is 262 Å². The molecule has 9 nitrogen and oxygen atoms in total. The molecule has 1 unspecified atom stereocenters. The number of fused-ring (bicyclic) bond motifs is 3. The van der Waals surface area contributed by atoms with E-state index in [1.54, 1.807) is 19.2 Å². The number of carbonyl (C=O) groups excluding carboxylic acids is 1. The van der Waals surface area contributed by atoms with Crippen LogP contribution in [0.25, 0.3) is 21.8 Å². The van der Waals surface area contributed by atoms with Crippen LogP contribution in [0.1, 0.15) is 47.2 Å². The molecule has 5 aromatic rings. The average Bonchev–Trinajstić information content (AvgIpc) is 3.30. The lowest BCUT2D eigenvalue weighted by atomic mass is 9.96. The first-order chi connectivity index (χ1) is 21.6. The number of hydrogen-bond donors (Lipinski definition) is 0. The minimum Gasteiger partial charge on any atom is -0.488 e. The zero-order valence-electron chi connectivity index (χ0n) is 26.4. The Hall–Kier alpha value is -5.02. The fourth-order valence-electron chi connectivity index (χ4n) is 5.89. The first-order valence-electron chi connectivity index (χ1n) is 14.9. The van der Waals surface area contributed by atoms with Crippen LogP contribution in [0.4, 0.5) is 5.69 Å². The van der Waals surface area contributed by atoms with Crippen molar-refractivity contribution >= 4 is 39.2 Å². The maximum absolute atomic E-state index is 13.0. The summed E-state index contributed by atoms with van der Waals surface area (Å²) in [7, 11) is 1.63. The van der Waals surface area contributed by atoms with Crippen LogP contribution in [0.15, 0.2) is 78.0 Å². The summed E-state index contributed by atoms with van der Waals surface area (Å²) >= 11 is 0. The van der Waals surface area contributed by atoms with Gasteiger partial charge in [-0.1, -0.05) is 40.5 Å². The number of non-ortho nitro benzene ring substituents is 1. The highest BCUT2D eigenvalue weighted by atomic mass is 16.7. The molecule has 0 amide bonds. The van der Waals surface area contributed by atoms with Crippen molar-refractivity contribution in [1.29, 1.82) is 0 Å². The molecule has 1 atom stereocenters. The highest BCUT2D eigenvalue weighted by Crippen LogP contribution is 2.33. The molecule has 0 aliphatic carbocycles. The van der Waals surface area contributed by atoms with Crippen molar-refractivity contribution in [3.05, 3.63) is 116 Å². The summed E-state index contributed by atoms with van der Waals surface area (Å²) in [6, 6.07) is 22.4. The predicted molar refractivity (Wildman–Crippen MR) is 176 cm³/mol. The molecule has 0 saturated carbocycles. The second kappa shape index (κ2) is 13.3. The summed E-state index contributed by atoms with van der Waals surface area (Å²) in [5.74, 6) is 0.198. The minimum atomic E-state index is -0.484. The molecule has 1 aromatic heterocycles. The zero-order chi connectivity index (χ0) is 32.2. The molecule has 45 heavy (non-hydrogen) atoms. The molecule has 0 radical (unpaired) electrons. The van der Waals surface area contributed by atoms with E-state index in [2.05, 4.69) is 15.8 Å². The molecule has 5 rings (SSSR count). The highest BCUT2D eigenvalue weighted by molar-refractivity contribution is 6.17. The van der Waals surface area contributed by atoms with E-state index < -0.39 is 5.97 Å². The van der Waals surface area contributed by atoms with E-state index in [4.69, 9.17) is 14.3 Å². The van der Waals surface area contributed by atoms with Gasteiger partial charge in [0.1, 0.15) is 17.6 Å². The van der Waals surface area contributed by atoms with E-state index in [0.29, 0.717) is 30.2 Å². The number of benzene rings is 4. The van der Waals surface area contributed by atoms with E-state index in [1.807, 2.05) is 83.1 Å². The second-order valence-corrected chi connectivity index (χ2v) is 11.4. The summed E-state index contributed by atoms with van der Waals surface area (Å²) in [5, 5.41) is 17.7. The fourth-order valence-corrected chi connectivity index (χ4v) is 5.89. The van der Waals surface area contributed by atoms with Gasteiger partial charge in [0.05, 0.1) is 18.0 Å². The summed E-state index contributed by atoms with van der Waals surface area (Å²) < 4.78 is 13.3. The number of rotatable bonds is 11. The van der Waals surface area contributed by atoms with Crippen molar-refractivity contribution in [2.45, 2.75) is 53.7 Å². The zero-order valence-corrected chi connectivity index (χ0v) is 26.4. The first-order valence-corrected chi connectivity index (χ1v) is 14.9. The number of ether oxygens (including phenoxy) is 2. The molecule has 0 fully saturated rings. The van der Waals surface area contributed by atoms with Crippen molar-refractivity contribution in [2.75, 3.05) is 13.7 Å². The molecule has 4 aromatic carbocycles. The number of nitro groups is 1. The van der Waals surface area contributed by atoms with Gasteiger partial charge in [0.25, 0.3) is 5.69 Å². The smallest absolute Gasteiger partial charge is 0.339 e. The third-order valence-electron chi connectivity index (χ3n) is 7.71. The van der Waals surface area contributed by atoms with Crippen LogP contribution in [-0.4, -0.2) is 41.0 Å². The Morgan fingerprint density at radius 2 is 1.62 bits per heavy atom. The van der Waals surface area contributed by atoms with Gasteiger partial charge in [-0.25, -0.2) is 4.79 Å². The maximum Gasteiger partial charge on any atom is 0.339 e. The van der Waals surface area contributed by atoms with Crippen molar-refractivity contribution in [3.8, 4) is 5.75 Å². The van der Waals surface area contributed by atoms with Crippen molar-refractivity contribution in [2.24, 2.45) is 5.16 Å². The Bertz CT molecular complexity index is 1920. The molecule has 0 aliphatic rings. The Kier molecular flexibility index (Phi) is 9.29. The predicted octanol–water partition coefficient (Wildman–Crippen LogP) is 7.60. The van der Waals surface area contributed by atoms with Gasteiger partial charge in [-0.3, -0.25) is 10.1 Å². The fraction of sp³-hybridized carbons (Fsp3) is 0.278. The normalized spacial score (nSPS) is 12.4. The molecule has 232 valence electrons. The quantitative estimate of drug-likeness (QED) is 0.0663. The Morgan fingerprint density at radius 3 is 2.27 bits per heavy atom. The summed E-state index contributed by atoms with van der Waals surface area (Å²) in [6.45, 7) is 11.0. The lowest BCUT2D eigenvalue weighted by Crippen LogP contribution is -2.18. The van der Waals surface area contributed by atoms with Crippen LogP contribution >= 0.6 is 0 Å². The Morgan fingerprint density at radius 1 is 0.933 bits per heavy atom.